The highest BCUT2D eigenvalue weighted by molar-refractivity contribution is 7.09. The molecule has 138 valence electrons. The van der Waals surface area contributed by atoms with Crippen LogP contribution in [0, 0.1) is 5.82 Å². The molecule has 4 nitrogen and oxygen atoms in total. The lowest BCUT2D eigenvalue weighted by Gasteiger charge is -2.28. The lowest BCUT2D eigenvalue weighted by Crippen LogP contribution is -2.36. The number of ether oxygens (including phenoxy) is 1. The van der Waals surface area contributed by atoms with Crippen molar-refractivity contribution in [1.82, 2.24) is 9.88 Å². The number of amides is 1. The maximum atomic E-state index is 12.9. The van der Waals surface area contributed by atoms with Gasteiger partial charge in [0.15, 0.2) is 0 Å². The molecule has 27 heavy (non-hydrogen) atoms. The first kappa shape index (κ1) is 17.7. The predicted octanol–water partition coefficient (Wildman–Crippen LogP) is 3.99. The molecule has 0 aliphatic carbocycles. The van der Waals surface area contributed by atoms with Gasteiger partial charge in [0.1, 0.15) is 23.2 Å². The Morgan fingerprint density at radius 3 is 2.74 bits per heavy atom. The van der Waals surface area contributed by atoms with Crippen LogP contribution in [0.4, 0.5) is 4.39 Å². The maximum absolute atomic E-state index is 12.9. The van der Waals surface area contributed by atoms with Crippen LogP contribution in [0.3, 0.4) is 0 Å². The van der Waals surface area contributed by atoms with Crippen LogP contribution >= 0.6 is 11.3 Å². The van der Waals surface area contributed by atoms with E-state index in [9.17, 15) is 9.18 Å². The summed E-state index contributed by atoms with van der Waals surface area (Å²) in [5, 5.41) is 2.70. The van der Waals surface area contributed by atoms with Gasteiger partial charge in [-0.3, -0.25) is 4.79 Å². The molecule has 2 heterocycles. The fourth-order valence-corrected chi connectivity index (χ4v) is 3.85. The number of fused-ring (bicyclic) bond motifs is 1. The van der Waals surface area contributed by atoms with Crippen LogP contribution in [-0.2, 0) is 30.8 Å². The van der Waals surface area contributed by atoms with Crippen LogP contribution < -0.4 is 4.74 Å². The van der Waals surface area contributed by atoms with E-state index in [1.54, 1.807) is 12.1 Å². The molecule has 3 aromatic rings. The van der Waals surface area contributed by atoms with E-state index in [0.717, 1.165) is 23.7 Å². The first-order valence-corrected chi connectivity index (χ1v) is 9.71. The van der Waals surface area contributed by atoms with Gasteiger partial charge in [0.25, 0.3) is 0 Å². The van der Waals surface area contributed by atoms with Crippen LogP contribution in [-0.4, -0.2) is 22.3 Å². The SMILES string of the molecule is O=C(Cc1csc(COc2ccc(F)cc2)n1)N1CCc2ccccc2C1. The number of halogens is 1. The highest BCUT2D eigenvalue weighted by Gasteiger charge is 2.21. The molecule has 0 spiro atoms. The smallest absolute Gasteiger partial charge is 0.228 e. The molecular weight excluding hydrogens is 363 g/mol. The molecule has 0 atom stereocenters. The average molecular weight is 382 g/mol. The highest BCUT2D eigenvalue weighted by atomic mass is 32.1. The molecular formula is C21H19FN2O2S. The van der Waals surface area contributed by atoms with E-state index >= 15 is 0 Å². The number of benzene rings is 2. The summed E-state index contributed by atoms with van der Waals surface area (Å²) in [6.07, 6.45) is 1.20. The monoisotopic (exact) mass is 382 g/mol. The summed E-state index contributed by atoms with van der Waals surface area (Å²) < 4.78 is 18.5. The van der Waals surface area contributed by atoms with Gasteiger partial charge < -0.3 is 9.64 Å². The zero-order chi connectivity index (χ0) is 18.6. The van der Waals surface area contributed by atoms with Gasteiger partial charge in [-0.25, -0.2) is 9.37 Å². The van der Waals surface area contributed by atoms with Crippen molar-refractivity contribution < 1.29 is 13.9 Å². The minimum atomic E-state index is -0.294. The van der Waals surface area contributed by atoms with E-state index in [-0.39, 0.29) is 11.7 Å². The molecule has 0 bridgehead atoms. The van der Waals surface area contributed by atoms with Gasteiger partial charge in [-0.2, -0.15) is 0 Å². The summed E-state index contributed by atoms with van der Waals surface area (Å²) in [7, 11) is 0. The second-order valence-electron chi connectivity index (χ2n) is 6.49. The summed E-state index contributed by atoms with van der Waals surface area (Å²) in [6, 6.07) is 14.2. The summed E-state index contributed by atoms with van der Waals surface area (Å²) in [5.74, 6) is 0.398. The van der Waals surface area contributed by atoms with Gasteiger partial charge >= 0.3 is 0 Å². The molecule has 0 saturated heterocycles. The molecule has 4 rings (SSSR count). The van der Waals surface area contributed by atoms with Crippen LogP contribution in [0.1, 0.15) is 21.8 Å². The summed E-state index contributed by atoms with van der Waals surface area (Å²) in [4.78, 5) is 19.0. The largest absolute Gasteiger partial charge is 0.486 e. The van der Waals surface area contributed by atoms with E-state index < -0.39 is 0 Å². The standard InChI is InChI=1S/C21H19FN2O2S/c22-17-5-7-19(8-6-17)26-13-20-23-18(14-27-20)11-21(25)24-10-9-15-3-1-2-4-16(15)12-24/h1-8,14H,9-13H2. The van der Waals surface area contributed by atoms with Crippen molar-refractivity contribution in [2.75, 3.05) is 6.54 Å². The Morgan fingerprint density at radius 1 is 1.15 bits per heavy atom. The fourth-order valence-electron chi connectivity index (χ4n) is 3.15. The molecule has 2 aromatic carbocycles. The number of nitrogens with zero attached hydrogens (tertiary/aromatic N) is 2. The Hall–Kier alpha value is -2.73. The Labute approximate surface area is 161 Å². The zero-order valence-electron chi connectivity index (χ0n) is 14.7. The van der Waals surface area contributed by atoms with E-state index in [1.165, 1.54) is 34.6 Å². The van der Waals surface area contributed by atoms with Crippen molar-refractivity contribution in [3.8, 4) is 5.75 Å². The van der Waals surface area contributed by atoms with E-state index in [1.807, 2.05) is 22.4 Å². The van der Waals surface area contributed by atoms with Gasteiger partial charge in [0.2, 0.25) is 5.91 Å². The zero-order valence-corrected chi connectivity index (χ0v) is 15.5. The predicted molar refractivity (Wildman–Crippen MR) is 102 cm³/mol. The van der Waals surface area contributed by atoms with Crippen LogP contribution in [0.15, 0.2) is 53.9 Å². The van der Waals surface area contributed by atoms with Crippen molar-refractivity contribution in [2.24, 2.45) is 0 Å². The Bertz CT molecular complexity index is 939. The molecule has 0 unspecified atom stereocenters. The number of thiazole rings is 1. The molecule has 1 amide bonds. The van der Waals surface area contributed by atoms with Gasteiger partial charge in [-0.15, -0.1) is 11.3 Å². The number of hydrogen-bond donors (Lipinski definition) is 0. The number of rotatable bonds is 5. The van der Waals surface area contributed by atoms with Crippen molar-refractivity contribution in [3.63, 3.8) is 0 Å². The molecule has 0 saturated carbocycles. The highest BCUT2D eigenvalue weighted by Crippen LogP contribution is 2.20. The minimum absolute atomic E-state index is 0.0980. The van der Waals surface area contributed by atoms with Crippen LogP contribution in [0.2, 0.25) is 0 Å². The fraction of sp³-hybridized carbons (Fsp3) is 0.238. The minimum Gasteiger partial charge on any atom is -0.486 e. The van der Waals surface area contributed by atoms with Crippen molar-refractivity contribution in [2.45, 2.75) is 26.0 Å². The van der Waals surface area contributed by atoms with Crippen molar-refractivity contribution in [1.29, 1.82) is 0 Å². The summed E-state index contributed by atoms with van der Waals surface area (Å²) in [6.45, 7) is 1.72. The molecule has 6 heteroatoms. The first-order chi connectivity index (χ1) is 13.2. The lowest BCUT2D eigenvalue weighted by molar-refractivity contribution is -0.131. The third-order valence-electron chi connectivity index (χ3n) is 4.59. The van der Waals surface area contributed by atoms with E-state index in [2.05, 4.69) is 17.1 Å². The molecule has 0 fully saturated rings. The quantitative estimate of drug-likeness (QED) is 0.670. The molecule has 1 aromatic heterocycles. The van der Waals surface area contributed by atoms with Gasteiger partial charge in [0, 0.05) is 18.5 Å². The number of hydrogen-bond acceptors (Lipinski definition) is 4. The second-order valence-corrected chi connectivity index (χ2v) is 7.43. The summed E-state index contributed by atoms with van der Waals surface area (Å²) >= 11 is 1.47. The first-order valence-electron chi connectivity index (χ1n) is 8.83. The second kappa shape index (κ2) is 7.88. The summed E-state index contributed by atoms with van der Waals surface area (Å²) in [5.41, 5.74) is 3.32. The Morgan fingerprint density at radius 2 is 1.93 bits per heavy atom. The maximum Gasteiger partial charge on any atom is 0.228 e. The number of aromatic nitrogens is 1. The van der Waals surface area contributed by atoms with Crippen LogP contribution in [0.25, 0.3) is 0 Å². The Kier molecular flexibility index (Phi) is 5.16. The van der Waals surface area contributed by atoms with Crippen LogP contribution in [0.5, 0.6) is 5.75 Å². The topological polar surface area (TPSA) is 42.4 Å². The number of carbonyl (C=O) groups excluding carboxylic acids is 1. The molecule has 1 aliphatic rings. The van der Waals surface area contributed by atoms with E-state index in [4.69, 9.17) is 4.74 Å². The Balaban J connectivity index is 1.32. The number of carbonyl (C=O) groups is 1. The third kappa shape index (κ3) is 4.34. The van der Waals surface area contributed by atoms with Crippen molar-refractivity contribution >= 4 is 17.2 Å². The average Bonchev–Trinajstić information content (AvgIpc) is 3.14. The van der Waals surface area contributed by atoms with Gasteiger partial charge in [-0.1, -0.05) is 24.3 Å². The van der Waals surface area contributed by atoms with Gasteiger partial charge in [-0.05, 0) is 41.8 Å². The normalized spacial score (nSPS) is 13.3. The van der Waals surface area contributed by atoms with Gasteiger partial charge in [0.05, 0.1) is 12.1 Å². The molecule has 1 aliphatic heterocycles. The van der Waals surface area contributed by atoms with E-state index in [0.29, 0.717) is 25.3 Å². The third-order valence-corrected chi connectivity index (χ3v) is 5.46. The molecule has 0 N–H and O–H groups in total. The van der Waals surface area contributed by atoms with Crippen molar-refractivity contribution in [3.05, 3.63) is 81.6 Å². The lowest BCUT2D eigenvalue weighted by atomic mass is 10.00. The molecule has 0 radical (unpaired) electrons.